The number of hydrogen-bond donors (Lipinski definition) is 1. The number of nitrogens with zero attached hydrogens (tertiary/aromatic N) is 2. The largest absolute Gasteiger partial charge is 0.506 e. The van der Waals surface area contributed by atoms with E-state index < -0.39 is 39.0 Å². The zero-order valence-electron chi connectivity index (χ0n) is 14.2. The number of sulfonamides is 1. The Morgan fingerprint density at radius 3 is 2.43 bits per heavy atom. The topological polar surface area (TPSA) is 98.5 Å². The molecule has 10 heteroatoms. The summed E-state index contributed by atoms with van der Waals surface area (Å²) in [6.45, 7) is -0.387. The summed E-state index contributed by atoms with van der Waals surface area (Å²) in [4.78, 5) is 11.4. The van der Waals surface area contributed by atoms with E-state index in [1.165, 1.54) is 18.2 Å². The van der Waals surface area contributed by atoms with Crippen LogP contribution in [0.1, 0.15) is 22.3 Å². The Morgan fingerprint density at radius 1 is 1.18 bits per heavy atom. The molecule has 1 heterocycles. The van der Waals surface area contributed by atoms with Gasteiger partial charge in [0.2, 0.25) is 10.0 Å². The van der Waals surface area contributed by atoms with Crippen LogP contribution in [0, 0.1) is 11.3 Å². The van der Waals surface area contributed by atoms with Gasteiger partial charge in [-0.15, -0.1) is 0 Å². The molecule has 0 aliphatic carbocycles. The first kappa shape index (κ1) is 19.7. The second kappa shape index (κ2) is 6.83. The number of hydrogen-bond acceptors (Lipinski definition) is 5. The van der Waals surface area contributed by atoms with Crippen LogP contribution in [0.15, 0.2) is 36.4 Å². The number of phenols is 1. The van der Waals surface area contributed by atoms with E-state index in [-0.39, 0.29) is 29.8 Å². The molecule has 3 rings (SSSR count). The molecule has 146 valence electrons. The summed E-state index contributed by atoms with van der Waals surface area (Å²) >= 11 is 0. The SMILES string of the molecule is N#Cc1ccc(C(F)(F)F)cc1Cc1ccc(N2CC(=O)CS2(=O)=O)c(O)c1. The van der Waals surface area contributed by atoms with Crippen LogP contribution in [-0.2, 0) is 27.4 Å². The van der Waals surface area contributed by atoms with Crippen LogP contribution in [-0.4, -0.2) is 31.6 Å². The molecule has 28 heavy (non-hydrogen) atoms. The van der Waals surface area contributed by atoms with Gasteiger partial charge in [0.15, 0.2) is 5.78 Å². The Labute approximate surface area is 158 Å². The number of Topliss-reactive ketones (excluding diaryl/α,β-unsaturated/α-hetero) is 1. The van der Waals surface area contributed by atoms with Gasteiger partial charge in [-0.1, -0.05) is 6.07 Å². The Balaban J connectivity index is 1.94. The lowest BCUT2D eigenvalue weighted by Crippen LogP contribution is -2.25. The van der Waals surface area contributed by atoms with Crippen LogP contribution in [0.25, 0.3) is 0 Å². The van der Waals surface area contributed by atoms with Gasteiger partial charge in [-0.25, -0.2) is 8.42 Å². The molecule has 0 unspecified atom stereocenters. The van der Waals surface area contributed by atoms with Crippen molar-refractivity contribution in [2.75, 3.05) is 16.6 Å². The quantitative estimate of drug-likeness (QED) is 0.839. The smallest absolute Gasteiger partial charge is 0.416 e. The monoisotopic (exact) mass is 410 g/mol. The van der Waals surface area contributed by atoms with Gasteiger partial charge in [0.1, 0.15) is 11.5 Å². The van der Waals surface area contributed by atoms with Gasteiger partial charge in [-0.3, -0.25) is 9.10 Å². The second-order valence-electron chi connectivity index (χ2n) is 6.28. The van der Waals surface area contributed by atoms with Crippen molar-refractivity contribution >= 4 is 21.5 Å². The summed E-state index contributed by atoms with van der Waals surface area (Å²) in [5, 5.41) is 19.3. The number of carbonyl (C=O) groups is 1. The molecule has 0 aromatic heterocycles. The van der Waals surface area contributed by atoms with E-state index in [0.29, 0.717) is 5.56 Å². The van der Waals surface area contributed by atoms with E-state index >= 15 is 0 Å². The number of anilines is 1. The molecule has 0 radical (unpaired) electrons. The van der Waals surface area contributed by atoms with Crippen molar-refractivity contribution in [3.05, 3.63) is 58.7 Å². The first-order chi connectivity index (χ1) is 13.0. The third kappa shape index (κ3) is 3.80. The minimum Gasteiger partial charge on any atom is -0.506 e. The van der Waals surface area contributed by atoms with Crippen LogP contribution in [0.3, 0.4) is 0 Å². The number of halogens is 3. The summed E-state index contributed by atoms with van der Waals surface area (Å²) in [7, 11) is -3.86. The maximum atomic E-state index is 12.9. The molecule has 1 fully saturated rings. The highest BCUT2D eigenvalue weighted by atomic mass is 32.2. The van der Waals surface area contributed by atoms with Crippen LogP contribution >= 0.6 is 0 Å². The molecule has 2 aromatic carbocycles. The lowest BCUT2D eigenvalue weighted by Gasteiger charge is -2.18. The van der Waals surface area contributed by atoms with E-state index in [2.05, 4.69) is 0 Å². The van der Waals surface area contributed by atoms with E-state index in [1.807, 2.05) is 6.07 Å². The van der Waals surface area contributed by atoms with Crippen molar-refractivity contribution in [1.82, 2.24) is 0 Å². The standard InChI is InChI=1S/C18H13F3N2O4S/c19-18(20,21)14-3-2-12(8-22)13(7-14)5-11-1-4-16(17(25)6-11)23-9-15(24)10-28(23,26)27/h1-4,6-7,25H,5,9-10H2. The first-order valence-corrected chi connectivity index (χ1v) is 9.56. The van der Waals surface area contributed by atoms with E-state index in [9.17, 15) is 31.5 Å². The average molecular weight is 410 g/mol. The molecular formula is C18H13F3N2O4S. The molecule has 0 bridgehead atoms. The van der Waals surface area contributed by atoms with Gasteiger partial charge in [-0.2, -0.15) is 18.4 Å². The summed E-state index contributed by atoms with van der Waals surface area (Å²) in [5.74, 6) is -1.59. The Kier molecular flexibility index (Phi) is 4.81. The van der Waals surface area contributed by atoms with Crippen LogP contribution in [0.5, 0.6) is 5.75 Å². The number of carbonyl (C=O) groups excluding carboxylic acids is 1. The van der Waals surface area contributed by atoms with E-state index in [4.69, 9.17) is 5.26 Å². The zero-order chi connectivity index (χ0) is 20.7. The summed E-state index contributed by atoms with van der Waals surface area (Å²) in [5.41, 5.74) is -0.430. The van der Waals surface area contributed by atoms with Gasteiger partial charge in [0, 0.05) is 0 Å². The van der Waals surface area contributed by atoms with Crippen molar-refractivity contribution in [1.29, 1.82) is 5.26 Å². The van der Waals surface area contributed by atoms with Crippen molar-refractivity contribution in [2.45, 2.75) is 12.6 Å². The highest BCUT2D eigenvalue weighted by Crippen LogP contribution is 2.34. The first-order valence-electron chi connectivity index (χ1n) is 7.95. The fourth-order valence-electron chi connectivity index (χ4n) is 2.96. The maximum Gasteiger partial charge on any atom is 0.416 e. The fraction of sp³-hybridized carbons (Fsp3) is 0.222. The molecule has 1 aliphatic heterocycles. The fourth-order valence-corrected chi connectivity index (χ4v) is 4.40. The van der Waals surface area contributed by atoms with Gasteiger partial charge >= 0.3 is 6.18 Å². The summed E-state index contributed by atoms with van der Waals surface area (Å²) in [6, 6.07) is 8.50. The number of aromatic hydroxyl groups is 1. The van der Waals surface area contributed by atoms with Gasteiger partial charge in [0.25, 0.3) is 0 Å². The predicted octanol–water partition coefficient (Wildman–Crippen LogP) is 2.59. The highest BCUT2D eigenvalue weighted by Gasteiger charge is 2.36. The summed E-state index contributed by atoms with van der Waals surface area (Å²) < 4.78 is 63.5. The third-order valence-electron chi connectivity index (χ3n) is 4.26. The number of ketones is 1. The lowest BCUT2D eigenvalue weighted by atomic mass is 9.97. The number of rotatable bonds is 3. The molecular weight excluding hydrogens is 397 g/mol. The number of phenolic OH excluding ortho intramolecular Hbond substituents is 1. The Morgan fingerprint density at radius 2 is 1.89 bits per heavy atom. The normalized spacial score (nSPS) is 16.2. The van der Waals surface area contributed by atoms with Crippen molar-refractivity contribution in [2.24, 2.45) is 0 Å². The van der Waals surface area contributed by atoms with E-state index in [1.54, 1.807) is 0 Å². The highest BCUT2D eigenvalue weighted by molar-refractivity contribution is 7.94. The molecule has 0 spiro atoms. The molecule has 0 atom stereocenters. The van der Waals surface area contributed by atoms with Crippen molar-refractivity contribution in [3.8, 4) is 11.8 Å². The van der Waals surface area contributed by atoms with Crippen LogP contribution in [0.2, 0.25) is 0 Å². The van der Waals surface area contributed by atoms with Gasteiger partial charge < -0.3 is 5.11 Å². The van der Waals surface area contributed by atoms with Crippen LogP contribution < -0.4 is 4.31 Å². The number of nitriles is 1. The second-order valence-corrected chi connectivity index (χ2v) is 8.18. The molecule has 6 nitrogen and oxygen atoms in total. The van der Waals surface area contributed by atoms with Gasteiger partial charge in [0.05, 0.1) is 29.4 Å². The van der Waals surface area contributed by atoms with Crippen molar-refractivity contribution < 1.29 is 31.5 Å². The molecule has 1 saturated heterocycles. The Hall–Kier alpha value is -3.06. The zero-order valence-corrected chi connectivity index (χ0v) is 15.0. The number of benzene rings is 2. The Bertz CT molecular complexity index is 1100. The van der Waals surface area contributed by atoms with Crippen LogP contribution in [0.4, 0.5) is 18.9 Å². The minimum absolute atomic E-state index is 0.0595. The number of alkyl halides is 3. The third-order valence-corrected chi connectivity index (χ3v) is 5.94. The molecule has 1 N–H and O–H groups in total. The minimum atomic E-state index is -4.56. The average Bonchev–Trinajstić information content (AvgIpc) is 2.86. The van der Waals surface area contributed by atoms with Crippen molar-refractivity contribution in [3.63, 3.8) is 0 Å². The molecule has 0 saturated carbocycles. The maximum absolute atomic E-state index is 12.9. The lowest BCUT2D eigenvalue weighted by molar-refractivity contribution is -0.137. The molecule has 1 aliphatic rings. The molecule has 2 aromatic rings. The molecule has 0 amide bonds. The van der Waals surface area contributed by atoms with Gasteiger partial charge in [-0.05, 0) is 47.9 Å². The van der Waals surface area contributed by atoms with E-state index in [0.717, 1.165) is 22.5 Å². The summed E-state index contributed by atoms with van der Waals surface area (Å²) in [6.07, 6.45) is -4.64. The predicted molar refractivity (Wildman–Crippen MR) is 93.2 cm³/mol.